The molecule has 5 heteroatoms. The molecule has 47 heavy (non-hydrogen) atoms. The van der Waals surface area contributed by atoms with Crippen molar-refractivity contribution in [3.05, 3.63) is 105 Å². The van der Waals surface area contributed by atoms with E-state index in [1.54, 1.807) is 0 Å². The van der Waals surface area contributed by atoms with Gasteiger partial charge >= 0.3 is 0 Å². The number of hydrogen-bond donors (Lipinski definition) is 0. The molecule has 5 nitrogen and oxygen atoms in total. The largest absolute Gasteiger partial charge is 0.303 e. The van der Waals surface area contributed by atoms with Gasteiger partial charge in [-0.1, -0.05) is 58.2 Å². The van der Waals surface area contributed by atoms with Crippen LogP contribution in [0.15, 0.2) is 105 Å². The fraction of sp³-hybridized carbons (Fsp3) is 0.452. The zero-order valence-corrected chi connectivity index (χ0v) is 28.5. The van der Waals surface area contributed by atoms with E-state index in [9.17, 15) is 24.0 Å². The Bertz CT molecular complexity index is 1660. The fourth-order valence-electron chi connectivity index (χ4n) is 7.98. The van der Waals surface area contributed by atoms with Gasteiger partial charge in [0.1, 0.15) is 6.29 Å². The highest BCUT2D eigenvalue weighted by Gasteiger charge is 2.47. The lowest BCUT2D eigenvalue weighted by molar-refractivity contribution is -0.123. The average molecular weight is 633 g/mol. The zero-order chi connectivity index (χ0) is 33.7. The van der Waals surface area contributed by atoms with Crippen LogP contribution in [-0.4, -0.2) is 29.4 Å². The first-order chi connectivity index (χ1) is 22.5. The fourth-order valence-corrected chi connectivity index (χ4v) is 7.98. The van der Waals surface area contributed by atoms with Gasteiger partial charge < -0.3 is 4.79 Å². The van der Waals surface area contributed by atoms with Crippen LogP contribution < -0.4 is 0 Å². The van der Waals surface area contributed by atoms with E-state index in [1.807, 2.05) is 26.8 Å². The Hall–Kier alpha value is -3.99. The molecule has 6 bridgehead atoms. The Kier molecular flexibility index (Phi) is 10.8. The molecule has 0 aromatic carbocycles. The molecule has 0 spiro atoms. The lowest BCUT2D eigenvalue weighted by Gasteiger charge is -2.46. The molecule has 0 heterocycles. The van der Waals surface area contributed by atoms with Crippen molar-refractivity contribution in [1.29, 1.82) is 0 Å². The molecule has 0 aromatic rings. The molecule has 7 aliphatic carbocycles. The van der Waals surface area contributed by atoms with Gasteiger partial charge in [-0.15, -0.1) is 0 Å². The van der Waals surface area contributed by atoms with E-state index in [0.717, 1.165) is 55.1 Å². The van der Waals surface area contributed by atoms with Crippen molar-refractivity contribution >= 4 is 29.4 Å². The molecular weight excluding hydrogens is 584 g/mol. The normalized spacial score (nSPS) is 30.7. The second kappa shape index (κ2) is 14.8. The zero-order valence-electron chi connectivity index (χ0n) is 28.5. The monoisotopic (exact) mass is 632 g/mol. The van der Waals surface area contributed by atoms with Crippen LogP contribution in [-0.2, 0) is 24.0 Å². The second-order valence-electron chi connectivity index (χ2n) is 14.5. The maximum Gasteiger partial charge on any atom is 0.182 e. The number of allylic oxidation sites excluding steroid dienone is 18. The van der Waals surface area contributed by atoms with E-state index in [4.69, 9.17) is 0 Å². The van der Waals surface area contributed by atoms with Gasteiger partial charge in [-0.3, -0.25) is 19.2 Å². The van der Waals surface area contributed by atoms with E-state index in [0.29, 0.717) is 67.2 Å². The number of hydrogen-bond acceptors (Lipinski definition) is 5. The van der Waals surface area contributed by atoms with E-state index in [-0.39, 0.29) is 35.0 Å². The van der Waals surface area contributed by atoms with Crippen molar-refractivity contribution in [2.24, 2.45) is 17.3 Å². The smallest absolute Gasteiger partial charge is 0.182 e. The predicted octanol–water partition coefficient (Wildman–Crippen LogP) is 8.85. The minimum Gasteiger partial charge on any atom is -0.303 e. The molecule has 0 N–H and O–H groups in total. The minimum atomic E-state index is -0.734. The number of rotatable bonds is 1. The van der Waals surface area contributed by atoms with Crippen LogP contribution in [0.1, 0.15) is 105 Å². The number of aldehydes is 1. The number of fused-ring (bicyclic) bond motifs is 15. The Balaban J connectivity index is 1.56. The molecular formula is C42H48O5. The van der Waals surface area contributed by atoms with Crippen molar-refractivity contribution < 1.29 is 24.0 Å². The Morgan fingerprint density at radius 1 is 0.596 bits per heavy atom. The maximum absolute atomic E-state index is 13.5. The molecule has 246 valence electrons. The summed E-state index contributed by atoms with van der Waals surface area (Å²) in [5.41, 5.74) is 7.07. The molecule has 0 saturated carbocycles. The number of ketones is 4. The van der Waals surface area contributed by atoms with Crippen LogP contribution in [0.5, 0.6) is 0 Å². The molecule has 0 aliphatic heterocycles. The summed E-state index contributed by atoms with van der Waals surface area (Å²) in [6, 6.07) is 0. The van der Waals surface area contributed by atoms with Gasteiger partial charge in [-0.2, -0.15) is 0 Å². The second-order valence-corrected chi connectivity index (χ2v) is 14.5. The van der Waals surface area contributed by atoms with Gasteiger partial charge in [0, 0.05) is 27.7 Å². The third-order valence-electron chi connectivity index (χ3n) is 10.8. The van der Waals surface area contributed by atoms with Gasteiger partial charge in [-0.05, 0) is 141 Å². The SMILES string of the molecule is CC1=CCC[C@@]2(C=O)[C@@H](CC3=C[C@H]2C/C(C)=C\CC2=CC(=O)C(=CC2=O)CC(C)=CCC3)CC2=CC(=O)C(=CC2=O)C/C(C)=C\CC1. The van der Waals surface area contributed by atoms with Crippen LogP contribution in [0, 0.1) is 17.3 Å². The minimum absolute atomic E-state index is 0.0969. The molecule has 0 unspecified atom stereocenters. The highest BCUT2D eigenvalue weighted by atomic mass is 16.1. The third kappa shape index (κ3) is 8.12. The molecule has 0 amide bonds. The van der Waals surface area contributed by atoms with Crippen molar-refractivity contribution in [2.75, 3.05) is 0 Å². The quantitative estimate of drug-likeness (QED) is 0.164. The van der Waals surface area contributed by atoms with Crippen LogP contribution in [0.25, 0.3) is 0 Å². The third-order valence-corrected chi connectivity index (χ3v) is 10.8. The summed E-state index contributed by atoms with van der Waals surface area (Å²) < 4.78 is 0. The predicted molar refractivity (Wildman–Crippen MR) is 186 cm³/mol. The maximum atomic E-state index is 13.5. The van der Waals surface area contributed by atoms with Crippen molar-refractivity contribution in [2.45, 2.75) is 105 Å². The summed E-state index contributed by atoms with van der Waals surface area (Å²) in [4.78, 5) is 66.1. The summed E-state index contributed by atoms with van der Waals surface area (Å²) in [6.45, 7) is 8.20. The topological polar surface area (TPSA) is 85.3 Å². The first-order valence-corrected chi connectivity index (χ1v) is 17.3. The number of carbonyl (C=O) groups is 5. The Labute approximate surface area is 279 Å². The van der Waals surface area contributed by atoms with Crippen molar-refractivity contribution in [3.63, 3.8) is 0 Å². The first kappa shape index (κ1) is 34.3. The first-order valence-electron chi connectivity index (χ1n) is 17.3. The highest BCUT2D eigenvalue weighted by molar-refractivity contribution is 6.20. The summed E-state index contributed by atoms with van der Waals surface area (Å²) in [5.74, 6) is -0.681. The van der Waals surface area contributed by atoms with Crippen LogP contribution >= 0.6 is 0 Å². The van der Waals surface area contributed by atoms with E-state index >= 15 is 0 Å². The molecule has 0 radical (unpaired) electrons. The average Bonchev–Trinajstić information content (AvgIpc) is 3.01. The van der Waals surface area contributed by atoms with Gasteiger partial charge in [-0.25, -0.2) is 0 Å². The molecule has 3 atom stereocenters. The van der Waals surface area contributed by atoms with E-state index in [2.05, 4.69) is 31.2 Å². The lowest BCUT2D eigenvalue weighted by atomic mass is 9.56. The van der Waals surface area contributed by atoms with Crippen LogP contribution in [0.3, 0.4) is 0 Å². The standard InChI is InChI=1S/C42H48O5/c1-27-8-5-9-28(2)16-34-24-41(47)35(25-40(34)46)21-37-20-31-12-6-10-29(3)17-33-23-38(44)32(22-39(33)45)14-13-30(4)18-36(19-31)42(37,26-43)15-7-11-27/h9-11,13,19,22-26,36-37H,5-8,12,14-18,20-21H2,1-4H3/b27-11?,28-9-,29-10?,30-13-/t36-,37+,42+/m1/s1. The van der Waals surface area contributed by atoms with Gasteiger partial charge in [0.05, 0.1) is 0 Å². The molecule has 7 rings (SSSR count). The summed E-state index contributed by atoms with van der Waals surface area (Å²) in [7, 11) is 0. The molecule has 0 fully saturated rings. The Morgan fingerprint density at radius 3 is 1.81 bits per heavy atom. The van der Waals surface area contributed by atoms with Gasteiger partial charge in [0.2, 0.25) is 0 Å². The summed E-state index contributed by atoms with van der Waals surface area (Å²) >= 11 is 0. The van der Waals surface area contributed by atoms with Crippen LogP contribution in [0.2, 0.25) is 0 Å². The molecule has 7 aliphatic rings. The van der Waals surface area contributed by atoms with E-state index in [1.165, 1.54) is 35.5 Å². The van der Waals surface area contributed by atoms with E-state index < -0.39 is 5.41 Å². The van der Waals surface area contributed by atoms with Crippen LogP contribution in [0.4, 0.5) is 0 Å². The van der Waals surface area contributed by atoms with Gasteiger partial charge in [0.25, 0.3) is 0 Å². The molecule has 0 aromatic heterocycles. The molecule has 0 saturated heterocycles. The summed E-state index contributed by atoms with van der Waals surface area (Å²) in [6.07, 6.45) is 25.9. The Morgan fingerprint density at radius 2 is 1.15 bits per heavy atom. The highest BCUT2D eigenvalue weighted by Crippen LogP contribution is 2.52. The lowest BCUT2D eigenvalue weighted by Crippen LogP contribution is -2.43. The summed E-state index contributed by atoms with van der Waals surface area (Å²) in [5, 5.41) is 0. The van der Waals surface area contributed by atoms with Crippen molar-refractivity contribution in [1.82, 2.24) is 0 Å². The van der Waals surface area contributed by atoms with Crippen molar-refractivity contribution in [3.8, 4) is 0 Å². The number of carbonyl (C=O) groups excluding carboxylic acids is 5. The van der Waals surface area contributed by atoms with Gasteiger partial charge in [0.15, 0.2) is 23.1 Å².